The van der Waals surface area contributed by atoms with Crippen molar-refractivity contribution in [2.24, 2.45) is 0 Å². The number of hydrogen-bond donors (Lipinski definition) is 0. The summed E-state index contributed by atoms with van der Waals surface area (Å²) in [5, 5.41) is 0.485. The second-order valence-electron chi connectivity index (χ2n) is 7.66. The first-order chi connectivity index (χ1) is 15.1. The fraction of sp³-hybridized carbons (Fsp3) is 0.409. The van der Waals surface area contributed by atoms with Gasteiger partial charge in [-0.1, -0.05) is 54.2 Å². The van der Waals surface area contributed by atoms with Crippen LogP contribution >= 0.6 is 34.8 Å². The van der Waals surface area contributed by atoms with Crippen molar-refractivity contribution in [1.82, 2.24) is 4.90 Å². The second kappa shape index (κ2) is 10.6. The molecule has 0 aliphatic carbocycles. The maximum absolute atomic E-state index is 14.4. The van der Waals surface area contributed by atoms with Gasteiger partial charge in [0.2, 0.25) is 0 Å². The molecule has 0 spiro atoms. The summed E-state index contributed by atoms with van der Waals surface area (Å²) < 4.78 is 44.2. The summed E-state index contributed by atoms with van der Waals surface area (Å²) >= 11 is 18.8. The smallest absolute Gasteiger partial charge is 0.254 e. The van der Waals surface area contributed by atoms with Gasteiger partial charge in [0.1, 0.15) is 5.82 Å². The molecule has 1 heterocycles. The van der Waals surface area contributed by atoms with E-state index in [1.807, 2.05) is 6.92 Å². The largest absolute Gasteiger partial charge is 0.490 e. The van der Waals surface area contributed by atoms with Gasteiger partial charge >= 0.3 is 0 Å². The van der Waals surface area contributed by atoms with Gasteiger partial charge in [-0.05, 0) is 37.1 Å². The van der Waals surface area contributed by atoms with Crippen LogP contribution in [0.25, 0.3) is 0 Å². The standard InChI is InChI=1S/C22H23Cl3FNO4S/c1-2-3-8-31-21-18(24)10-14(11-19(21)25)22(28)27(15-7-9-32(29,30)13-15)12-16-17(23)5-4-6-20(16)26/h4-6,10-11,15H,2-3,7-9,12-13H2,1H3. The fourth-order valence-electron chi connectivity index (χ4n) is 3.55. The van der Waals surface area contributed by atoms with Crippen LogP contribution in [0.4, 0.5) is 4.39 Å². The molecular weight excluding hydrogens is 500 g/mol. The van der Waals surface area contributed by atoms with Crippen molar-refractivity contribution in [2.75, 3.05) is 18.1 Å². The molecule has 1 unspecified atom stereocenters. The number of benzene rings is 2. The van der Waals surface area contributed by atoms with E-state index in [2.05, 4.69) is 0 Å². The molecule has 2 aromatic rings. The summed E-state index contributed by atoms with van der Waals surface area (Å²) in [6.07, 6.45) is 2.00. The van der Waals surface area contributed by atoms with Gasteiger partial charge in [-0.25, -0.2) is 12.8 Å². The van der Waals surface area contributed by atoms with Crippen molar-refractivity contribution in [3.8, 4) is 5.75 Å². The lowest BCUT2D eigenvalue weighted by Crippen LogP contribution is -2.41. The number of carbonyl (C=O) groups is 1. The fourth-order valence-corrected chi connectivity index (χ4v) is 6.10. The number of unbranched alkanes of at least 4 members (excludes halogenated alkanes) is 1. The Morgan fingerprint density at radius 1 is 1.19 bits per heavy atom. The Balaban J connectivity index is 1.95. The molecular formula is C22H23Cl3FNO4S. The second-order valence-corrected chi connectivity index (χ2v) is 11.1. The maximum atomic E-state index is 14.4. The molecule has 3 rings (SSSR count). The van der Waals surface area contributed by atoms with E-state index in [0.29, 0.717) is 6.61 Å². The Labute approximate surface area is 202 Å². The highest BCUT2D eigenvalue weighted by Gasteiger charge is 2.36. The van der Waals surface area contributed by atoms with Gasteiger partial charge in [-0.3, -0.25) is 4.79 Å². The van der Waals surface area contributed by atoms with Gasteiger partial charge in [0.05, 0.1) is 34.7 Å². The highest BCUT2D eigenvalue weighted by molar-refractivity contribution is 7.91. The topological polar surface area (TPSA) is 63.7 Å². The van der Waals surface area contributed by atoms with Crippen LogP contribution in [0.2, 0.25) is 15.1 Å². The van der Waals surface area contributed by atoms with Crippen LogP contribution in [0, 0.1) is 5.82 Å². The molecule has 1 atom stereocenters. The highest BCUT2D eigenvalue weighted by atomic mass is 35.5. The van der Waals surface area contributed by atoms with E-state index in [-0.39, 0.29) is 56.4 Å². The van der Waals surface area contributed by atoms with Crippen LogP contribution in [-0.4, -0.2) is 43.4 Å². The Hall–Kier alpha value is -1.54. The summed E-state index contributed by atoms with van der Waals surface area (Å²) in [6, 6.07) is 6.45. The molecule has 1 aliphatic heterocycles. The van der Waals surface area contributed by atoms with Crippen LogP contribution < -0.4 is 4.74 Å². The van der Waals surface area contributed by atoms with Gasteiger partial charge in [-0.15, -0.1) is 0 Å². The number of hydrogen-bond acceptors (Lipinski definition) is 4. The summed E-state index contributed by atoms with van der Waals surface area (Å²) in [5.74, 6) is -1.06. The molecule has 0 bridgehead atoms. The molecule has 5 nitrogen and oxygen atoms in total. The molecule has 0 N–H and O–H groups in total. The Bertz CT molecular complexity index is 1070. The molecule has 32 heavy (non-hydrogen) atoms. The van der Waals surface area contributed by atoms with E-state index < -0.39 is 27.6 Å². The SMILES string of the molecule is CCCCOc1c(Cl)cc(C(=O)N(Cc2c(F)cccc2Cl)C2CCS(=O)(=O)C2)cc1Cl. The predicted octanol–water partition coefficient (Wildman–Crippen LogP) is 5.79. The van der Waals surface area contributed by atoms with Gasteiger partial charge < -0.3 is 9.64 Å². The average Bonchev–Trinajstić information content (AvgIpc) is 3.08. The number of rotatable bonds is 8. The number of ether oxygens (including phenoxy) is 1. The van der Waals surface area contributed by atoms with E-state index in [9.17, 15) is 17.6 Å². The van der Waals surface area contributed by atoms with Gasteiger partial charge in [0.25, 0.3) is 5.91 Å². The van der Waals surface area contributed by atoms with Gasteiger partial charge in [0, 0.05) is 22.2 Å². The van der Waals surface area contributed by atoms with E-state index in [4.69, 9.17) is 39.5 Å². The first kappa shape index (κ1) is 25.1. The molecule has 1 amide bonds. The molecule has 1 fully saturated rings. The maximum Gasteiger partial charge on any atom is 0.254 e. The quantitative estimate of drug-likeness (QED) is 0.411. The van der Waals surface area contributed by atoms with E-state index in [1.165, 1.54) is 35.2 Å². The molecule has 1 saturated heterocycles. The van der Waals surface area contributed by atoms with E-state index in [0.717, 1.165) is 12.8 Å². The van der Waals surface area contributed by atoms with Crippen LogP contribution in [0.1, 0.15) is 42.1 Å². The molecule has 174 valence electrons. The molecule has 10 heteroatoms. The van der Waals surface area contributed by atoms with E-state index >= 15 is 0 Å². The van der Waals surface area contributed by atoms with Crippen molar-refractivity contribution in [2.45, 2.75) is 38.8 Å². The summed E-state index contributed by atoms with van der Waals surface area (Å²) in [5.41, 5.74) is 0.267. The van der Waals surface area contributed by atoms with Gasteiger partial charge in [-0.2, -0.15) is 0 Å². The Morgan fingerprint density at radius 3 is 2.44 bits per heavy atom. The third-order valence-corrected chi connectivity index (χ3v) is 7.96. The van der Waals surface area contributed by atoms with Gasteiger partial charge in [0.15, 0.2) is 15.6 Å². The lowest BCUT2D eigenvalue weighted by molar-refractivity contribution is 0.0679. The number of halogens is 4. The zero-order chi connectivity index (χ0) is 23.5. The molecule has 0 aromatic heterocycles. The van der Waals surface area contributed by atoms with Crippen LogP contribution in [0.3, 0.4) is 0 Å². The molecule has 1 aliphatic rings. The molecule has 0 saturated carbocycles. The lowest BCUT2D eigenvalue weighted by Gasteiger charge is -2.29. The van der Waals surface area contributed by atoms with Crippen molar-refractivity contribution in [3.05, 3.63) is 62.3 Å². The predicted molar refractivity (Wildman–Crippen MR) is 125 cm³/mol. The highest BCUT2D eigenvalue weighted by Crippen LogP contribution is 2.36. The summed E-state index contributed by atoms with van der Waals surface area (Å²) in [6.45, 7) is 2.27. The Morgan fingerprint density at radius 2 is 1.88 bits per heavy atom. The zero-order valence-corrected chi connectivity index (χ0v) is 20.5. The monoisotopic (exact) mass is 521 g/mol. The van der Waals surface area contributed by atoms with Crippen molar-refractivity contribution in [3.63, 3.8) is 0 Å². The minimum atomic E-state index is -3.30. The third-order valence-electron chi connectivity index (χ3n) is 5.29. The normalized spacial score (nSPS) is 17.3. The summed E-state index contributed by atoms with van der Waals surface area (Å²) in [4.78, 5) is 14.8. The number of sulfone groups is 1. The van der Waals surface area contributed by atoms with Crippen LogP contribution in [0.5, 0.6) is 5.75 Å². The van der Waals surface area contributed by atoms with Crippen LogP contribution in [-0.2, 0) is 16.4 Å². The first-order valence-electron chi connectivity index (χ1n) is 10.2. The molecule has 0 radical (unpaired) electrons. The minimum absolute atomic E-state index is 0.0435. The van der Waals surface area contributed by atoms with Crippen molar-refractivity contribution < 1.29 is 22.3 Å². The zero-order valence-electron chi connectivity index (χ0n) is 17.4. The number of amides is 1. The molecule has 2 aromatic carbocycles. The first-order valence-corrected chi connectivity index (χ1v) is 13.1. The average molecular weight is 523 g/mol. The Kier molecular flexibility index (Phi) is 8.31. The number of carbonyl (C=O) groups excluding carboxylic acids is 1. The summed E-state index contributed by atoms with van der Waals surface area (Å²) in [7, 11) is -3.30. The van der Waals surface area contributed by atoms with E-state index in [1.54, 1.807) is 0 Å². The van der Waals surface area contributed by atoms with Crippen LogP contribution in [0.15, 0.2) is 30.3 Å². The lowest BCUT2D eigenvalue weighted by atomic mass is 10.1. The van der Waals surface area contributed by atoms with Crippen molar-refractivity contribution >= 4 is 50.5 Å². The number of nitrogens with zero attached hydrogens (tertiary/aromatic N) is 1. The third kappa shape index (κ3) is 5.87. The minimum Gasteiger partial charge on any atom is -0.490 e. The van der Waals surface area contributed by atoms with Crippen molar-refractivity contribution in [1.29, 1.82) is 0 Å².